The van der Waals surface area contributed by atoms with Crippen LogP contribution in [0.15, 0.2) is 36.0 Å². The lowest BCUT2D eigenvalue weighted by molar-refractivity contribution is 0.709. The summed E-state index contributed by atoms with van der Waals surface area (Å²) in [5, 5.41) is 0. The van der Waals surface area contributed by atoms with Crippen LogP contribution < -0.4 is 4.90 Å². The number of fused-ring (bicyclic) bond motifs is 1. The highest BCUT2D eigenvalue weighted by molar-refractivity contribution is 5.59. The Morgan fingerprint density at radius 2 is 2.00 bits per heavy atom. The van der Waals surface area contributed by atoms with E-state index in [4.69, 9.17) is 0 Å². The molecule has 16 heavy (non-hydrogen) atoms. The monoisotopic (exact) mass is 215 g/mol. The van der Waals surface area contributed by atoms with Crippen LogP contribution >= 0.6 is 0 Å². The highest BCUT2D eigenvalue weighted by Gasteiger charge is 2.13. The maximum Gasteiger partial charge on any atom is 0.0441 e. The minimum absolute atomic E-state index is 1.11. The molecule has 1 heteroatoms. The van der Waals surface area contributed by atoms with Crippen molar-refractivity contribution in [3.8, 4) is 0 Å². The van der Waals surface area contributed by atoms with E-state index in [2.05, 4.69) is 49.2 Å². The van der Waals surface area contributed by atoms with E-state index in [0.717, 1.165) is 13.0 Å². The van der Waals surface area contributed by atoms with Gasteiger partial charge in [-0.25, -0.2) is 0 Å². The normalized spacial score (nSPS) is 14.6. The van der Waals surface area contributed by atoms with Crippen molar-refractivity contribution in [1.82, 2.24) is 0 Å². The predicted octanol–water partition coefficient (Wildman–Crippen LogP) is 4.14. The van der Waals surface area contributed by atoms with Gasteiger partial charge in [-0.1, -0.05) is 43.5 Å². The zero-order valence-corrected chi connectivity index (χ0v) is 10.4. The van der Waals surface area contributed by atoms with Crippen LogP contribution in [0.4, 0.5) is 5.69 Å². The average molecular weight is 215 g/mol. The second-order valence-corrected chi connectivity index (χ2v) is 4.68. The summed E-state index contributed by atoms with van der Waals surface area (Å²) in [6.07, 6.45) is 7.33. The molecule has 0 aliphatic carbocycles. The highest BCUT2D eigenvalue weighted by atomic mass is 15.1. The fraction of sp³-hybridized carbons (Fsp3) is 0.467. The van der Waals surface area contributed by atoms with E-state index in [1.165, 1.54) is 36.1 Å². The minimum atomic E-state index is 1.11. The molecule has 0 N–H and O–H groups in total. The molecule has 0 atom stereocenters. The average Bonchev–Trinajstić information content (AvgIpc) is 2.29. The first-order valence-corrected chi connectivity index (χ1v) is 6.33. The second-order valence-electron chi connectivity index (χ2n) is 4.68. The van der Waals surface area contributed by atoms with Crippen molar-refractivity contribution >= 4 is 5.69 Å². The van der Waals surface area contributed by atoms with Gasteiger partial charge < -0.3 is 4.90 Å². The van der Waals surface area contributed by atoms with Gasteiger partial charge in [0.1, 0.15) is 0 Å². The third kappa shape index (κ3) is 2.46. The lowest BCUT2D eigenvalue weighted by Gasteiger charge is -2.28. The Hall–Kier alpha value is -1.24. The van der Waals surface area contributed by atoms with E-state index in [0.29, 0.717) is 0 Å². The number of nitrogens with zero attached hydrogens (tertiary/aromatic N) is 1. The standard InChI is InChI=1S/C15H21N/c1-3-4-7-10-16-12-13(2)11-14-8-5-6-9-15(14)16/h5-6,8-9,12H,3-4,7,10-11H2,1-2H3. The van der Waals surface area contributed by atoms with Crippen LogP contribution in [0.2, 0.25) is 0 Å². The molecule has 0 unspecified atom stereocenters. The van der Waals surface area contributed by atoms with E-state index in [1.54, 1.807) is 0 Å². The van der Waals surface area contributed by atoms with Crippen molar-refractivity contribution in [3.63, 3.8) is 0 Å². The number of hydrogen-bond donors (Lipinski definition) is 0. The van der Waals surface area contributed by atoms with Gasteiger partial charge in [0.2, 0.25) is 0 Å². The van der Waals surface area contributed by atoms with Crippen LogP contribution in [0.5, 0.6) is 0 Å². The number of unbranched alkanes of at least 4 members (excludes halogenated alkanes) is 2. The zero-order valence-electron chi connectivity index (χ0n) is 10.4. The Labute approximate surface area is 98.8 Å². The molecular weight excluding hydrogens is 194 g/mol. The minimum Gasteiger partial charge on any atom is -0.348 e. The molecule has 0 saturated carbocycles. The van der Waals surface area contributed by atoms with Crippen molar-refractivity contribution in [1.29, 1.82) is 0 Å². The lowest BCUT2D eigenvalue weighted by atomic mass is 10.0. The molecular formula is C15H21N. The Balaban J connectivity index is 2.13. The second kappa shape index (κ2) is 5.20. The van der Waals surface area contributed by atoms with Gasteiger partial charge in [-0.15, -0.1) is 0 Å². The summed E-state index contributed by atoms with van der Waals surface area (Å²) in [4.78, 5) is 2.42. The number of allylic oxidation sites excluding steroid dienone is 1. The summed E-state index contributed by atoms with van der Waals surface area (Å²) in [5.74, 6) is 0. The summed E-state index contributed by atoms with van der Waals surface area (Å²) in [5.41, 5.74) is 4.35. The summed E-state index contributed by atoms with van der Waals surface area (Å²) >= 11 is 0. The molecule has 0 amide bonds. The maximum atomic E-state index is 2.42. The lowest BCUT2D eigenvalue weighted by Crippen LogP contribution is -2.22. The van der Waals surface area contributed by atoms with E-state index in [9.17, 15) is 0 Å². The summed E-state index contributed by atoms with van der Waals surface area (Å²) < 4.78 is 0. The first kappa shape index (κ1) is 11.3. The SMILES string of the molecule is CCCCCN1C=C(C)Cc2ccccc21. The van der Waals surface area contributed by atoms with E-state index < -0.39 is 0 Å². The van der Waals surface area contributed by atoms with Crippen molar-refractivity contribution in [2.24, 2.45) is 0 Å². The topological polar surface area (TPSA) is 3.24 Å². The first-order valence-electron chi connectivity index (χ1n) is 6.33. The van der Waals surface area contributed by atoms with Gasteiger partial charge in [-0.2, -0.15) is 0 Å². The van der Waals surface area contributed by atoms with Gasteiger partial charge in [0.25, 0.3) is 0 Å². The Kier molecular flexibility index (Phi) is 3.66. The van der Waals surface area contributed by atoms with E-state index >= 15 is 0 Å². The smallest absolute Gasteiger partial charge is 0.0441 e. The number of hydrogen-bond acceptors (Lipinski definition) is 1. The van der Waals surface area contributed by atoms with Crippen molar-refractivity contribution < 1.29 is 0 Å². The Morgan fingerprint density at radius 3 is 2.81 bits per heavy atom. The van der Waals surface area contributed by atoms with Crippen LogP contribution in [0.1, 0.15) is 38.7 Å². The highest BCUT2D eigenvalue weighted by Crippen LogP contribution is 2.28. The summed E-state index contributed by atoms with van der Waals surface area (Å²) in [7, 11) is 0. The summed E-state index contributed by atoms with van der Waals surface area (Å²) in [6.45, 7) is 5.64. The molecule has 0 aromatic heterocycles. The molecule has 1 heterocycles. The fourth-order valence-electron chi connectivity index (χ4n) is 2.34. The van der Waals surface area contributed by atoms with Gasteiger partial charge >= 0.3 is 0 Å². The predicted molar refractivity (Wildman–Crippen MR) is 70.8 cm³/mol. The van der Waals surface area contributed by atoms with Crippen molar-refractivity contribution in [2.75, 3.05) is 11.4 Å². The van der Waals surface area contributed by atoms with Crippen LogP contribution in [0.3, 0.4) is 0 Å². The van der Waals surface area contributed by atoms with Crippen molar-refractivity contribution in [3.05, 3.63) is 41.6 Å². The molecule has 0 spiro atoms. The number of para-hydroxylation sites is 1. The maximum absolute atomic E-state index is 2.42. The van der Waals surface area contributed by atoms with Gasteiger partial charge in [0.15, 0.2) is 0 Å². The van der Waals surface area contributed by atoms with Gasteiger partial charge in [0.05, 0.1) is 0 Å². The fourth-order valence-corrected chi connectivity index (χ4v) is 2.34. The van der Waals surface area contributed by atoms with Crippen LogP contribution in [0, 0.1) is 0 Å². The third-order valence-electron chi connectivity index (χ3n) is 3.15. The molecule has 1 aliphatic rings. The van der Waals surface area contributed by atoms with Gasteiger partial charge in [-0.05, 0) is 31.4 Å². The molecule has 1 aromatic rings. The number of benzene rings is 1. The van der Waals surface area contributed by atoms with Crippen LogP contribution in [0.25, 0.3) is 0 Å². The quantitative estimate of drug-likeness (QED) is 0.682. The Bertz CT molecular complexity index is 379. The molecule has 1 aliphatic heterocycles. The van der Waals surface area contributed by atoms with Gasteiger partial charge in [0, 0.05) is 18.4 Å². The molecule has 86 valence electrons. The third-order valence-corrected chi connectivity index (χ3v) is 3.15. The van der Waals surface area contributed by atoms with Gasteiger partial charge in [-0.3, -0.25) is 0 Å². The summed E-state index contributed by atoms with van der Waals surface area (Å²) in [6, 6.07) is 8.77. The van der Waals surface area contributed by atoms with E-state index in [-0.39, 0.29) is 0 Å². The Morgan fingerprint density at radius 1 is 1.19 bits per heavy atom. The largest absolute Gasteiger partial charge is 0.348 e. The molecule has 0 saturated heterocycles. The van der Waals surface area contributed by atoms with Crippen molar-refractivity contribution in [2.45, 2.75) is 39.5 Å². The molecule has 0 radical (unpaired) electrons. The molecule has 1 nitrogen and oxygen atoms in total. The van der Waals surface area contributed by atoms with Crippen LogP contribution in [-0.4, -0.2) is 6.54 Å². The number of rotatable bonds is 4. The molecule has 1 aromatic carbocycles. The van der Waals surface area contributed by atoms with Crippen LogP contribution in [-0.2, 0) is 6.42 Å². The zero-order chi connectivity index (χ0) is 11.4. The number of anilines is 1. The molecule has 2 rings (SSSR count). The first-order chi connectivity index (χ1) is 7.81. The molecule has 0 fully saturated rings. The molecule has 0 bridgehead atoms. The van der Waals surface area contributed by atoms with E-state index in [1.807, 2.05) is 0 Å².